The number of urea groups is 1. The first-order valence-electron chi connectivity index (χ1n) is 16.3. The van der Waals surface area contributed by atoms with Crippen molar-refractivity contribution in [3.63, 3.8) is 0 Å². The summed E-state index contributed by atoms with van der Waals surface area (Å²) in [6, 6.07) is 31.1. The maximum absolute atomic E-state index is 15.0. The number of hydrogen-bond acceptors (Lipinski definition) is 6. The molecular weight excluding hydrogens is 638 g/mol. The Labute approximate surface area is 289 Å². The van der Waals surface area contributed by atoms with Crippen LogP contribution in [0.5, 0.6) is 0 Å². The molecule has 0 spiro atoms. The molecule has 250 valence electrons. The molecule has 49 heavy (non-hydrogen) atoms. The molecule has 10 nitrogen and oxygen atoms in total. The second-order valence-electron chi connectivity index (χ2n) is 12.7. The number of nitrogens with two attached hydrogens (primary N) is 1. The number of carbonyl (C=O) groups is 1. The Balaban J connectivity index is 1.29. The summed E-state index contributed by atoms with van der Waals surface area (Å²) in [5.41, 5.74) is 11.9. The summed E-state index contributed by atoms with van der Waals surface area (Å²) < 4.78 is 1.73. The van der Waals surface area contributed by atoms with Crippen molar-refractivity contribution in [1.82, 2.24) is 29.8 Å². The lowest BCUT2D eigenvalue weighted by Gasteiger charge is -2.36. The standard InChI is InChI=1S/C38H38ClN7O3/c39-29-20-41-44(23-29)24-33-31-17-28(14-15-32(31)42-43-33)22-46-35(19-26-10-5-2-6-11-26)37(48)36(47)34(18-25-8-3-1-4-9-25)45(38(46)49)21-27-12-7-13-30(40)16-27/h1-17,20,23,34-37,47-48H,18-19,21-22,24,40H2,(H,42,43)/t34-,35-,36+,37+/m1/s1. The average molecular weight is 676 g/mol. The minimum absolute atomic E-state index is 0.194. The molecule has 4 aromatic carbocycles. The summed E-state index contributed by atoms with van der Waals surface area (Å²) in [6.07, 6.45) is 1.59. The second kappa shape index (κ2) is 14.1. The van der Waals surface area contributed by atoms with Crippen LogP contribution in [0.2, 0.25) is 5.02 Å². The van der Waals surface area contributed by atoms with Gasteiger partial charge in [-0.25, -0.2) is 4.79 Å². The minimum atomic E-state index is -1.23. The summed E-state index contributed by atoms with van der Waals surface area (Å²) >= 11 is 6.10. The van der Waals surface area contributed by atoms with E-state index in [2.05, 4.69) is 15.3 Å². The quantitative estimate of drug-likeness (QED) is 0.143. The van der Waals surface area contributed by atoms with Gasteiger partial charge >= 0.3 is 6.03 Å². The first-order chi connectivity index (χ1) is 23.8. The highest BCUT2D eigenvalue weighted by molar-refractivity contribution is 6.30. The maximum Gasteiger partial charge on any atom is 0.321 e. The Morgan fingerprint density at radius 1 is 0.735 bits per heavy atom. The molecule has 0 saturated carbocycles. The van der Waals surface area contributed by atoms with E-state index in [1.54, 1.807) is 32.9 Å². The number of hydrogen-bond donors (Lipinski definition) is 4. The summed E-state index contributed by atoms with van der Waals surface area (Å²) in [5, 5.41) is 37.4. The van der Waals surface area contributed by atoms with Crippen LogP contribution >= 0.6 is 11.6 Å². The van der Waals surface area contributed by atoms with Crippen molar-refractivity contribution in [3.05, 3.63) is 148 Å². The molecule has 3 heterocycles. The number of amides is 2. The molecule has 1 aliphatic rings. The topological polar surface area (TPSA) is 137 Å². The minimum Gasteiger partial charge on any atom is -0.399 e. The Bertz CT molecular complexity index is 2030. The number of aliphatic hydroxyl groups excluding tert-OH is 2. The van der Waals surface area contributed by atoms with Crippen molar-refractivity contribution in [2.75, 3.05) is 5.73 Å². The number of fused-ring (bicyclic) bond motifs is 1. The molecule has 1 aliphatic heterocycles. The van der Waals surface area contributed by atoms with Gasteiger partial charge in [-0.2, -0.15) is 10.2 Å². The summed E-state index contributed by atoms with van der Waals surface area (Å²) in [6.45, 7) is 0.836. The summed E-state index contributed by atoms with van der Waals surface area (Å²) in [7, 11) is 0. The second-order valence-corrected chi connectivity index (χ2v) is 13.1. The molecule has 1 saturated heterocycles. The number of benzene rings is 4. The smallest absolute Gasteiger partial charge is 0.321 e. The van der Waals surface area contributed by atoms with E-state index < -0.39 is 24.3 Å². The number of aromatic amines is 1. The van der Waals surface area contributed by atoms with E-state index in [4.69, 9.17) is 17.3 Å². The highest BCUT2D eigenvalue weighted by atomic mass is 35.5. The molecule has 2 amide bonds. The van der Waals surface area contributed by atoms with E-state index in [9.17, 15) is 10.2 Å². The molecule has 0 aliphatic carbocycles. The van der Waals surface area contributed by atoms with Gasteiger partial charge in [0.2, 0.25) is 0 Å². The zero-order valence-electron chi connectivity index (χ0n) is 26.8. The van der Waals surface area contributed by atoms with E-state index in [-0.39, 0.29) is 19.1 Å². The van der Waals surface area contributed by atoms with E-state index in [0.717, 1.165) is 38.9 Å². The van der Waals surface area contributed by atoms with Gasteiger partial charge in [0.15, 0.2) is 0 Å². The first kappa shape index (κ1) is 32.4. The largest absolute Gasteiger partial charge is 0.399 e. The average Bonchev–Trinajstić information content (AvgIpc) is 3.71. The van der Waals surface area contributed by atoms with Crippen LogP contribution in [0, 0.1) is 0 Å². The molecule has 7 rings (SSSR count). The number of H-pyrrole nitrogens is 1. The van der Waals surface area contributed by atoms with Crippen molar-refractivity contribution in [3.8, 4) is 0 Å². The van der Waals surface area contributed by atoms with E-state index >= 15 is 4.79 Å². The third-order valence-electron chi connectivity index (χ3n) is 9.28. The van der Waals surface area contributed by atoms with Gasteiger partial charge in [0, 0.05) is 30.4 Å². The van der Waals surface area contributed by atoms with Gasteiger partial charge in [0.1, 0.15) is 12.2 Å². The number of aliphatic hydroxyl groups is 2. The summed E-state index contributed by atoms with van der Waals surface area (Å²) in [5.74, 6) is 0. The fourth-order valence-corrected chi connectivity index (χ4v) is 6.97. The number of anilines is 1. The van der Waals surface area contributed by atoms with Crippen molar-refractivity contribution in [2.45, 2.75) is 56.8 Å². The Hall–Kier alpha value is -5.16. The van der Waals surface area contributed by atoms with Crippen LogP contribution in [0.25, 0.3) is 10.9 Å². The van der Waals surface area contributed by atoms with Gasteiger partial charge in [-0.15, -0.1) is 0 Å². The van der Waals surface area contributed by atoms with Gasteiger partial charge in [-0.3, -0.25) is 9.78 Å². The Kier molecular flexibility index (Phi) is 9.34. The van der Waals surface area contributed by atoms with Crippen molar-refractivity contribution in [2.24, 2.45) is 0 Å². The van der Waals surface area contributed by atoms with Crippen LogP contribution < -0.4 is 5.73 Å². The molecule has 6 aromatic rings. The molecule has 11 heteroatoms. The fourth-order valence-electron chi connectivity index (χ4n) is 6.82. The third-order valence-corrected chi connectivity index (χ3v) is 9.48. The van der Waals surface area contributed by atoms with Crippen molar-refractivity contribution >= 4 is 34.2 Å². The van der Waals surface area contributed by atoms with Crippen LogP contribution in [0.4, 0.5) is 10.5 Å². The van der Waals surface area contributed by atoms with Gasteiger partial charge in [-0.1, -0.05) is 90.5 Å². The monoisotopic (exact) mass is 675 g/mol. The predicted octanol–water partition coefficient (Wildman–Crippen LogP) is 5.43. The molecular formula is C38H38ClN7O3. The fraction of sp³-hybridized carbons (Fsp3) is 0.237. The van der Waals surface area contributed by atoms with E-state index in [1.807, 2.05) is 97.1 Å². The number of carbonyl (C=O) groups excluding carboxylic acids is 1. The van der Waals surface area contributed by atoms with E-state index in [0.29, 0.717) is 30.1 Å². The van der Waals surface area contributed by atoms with Crippen LogP contribution in [0.15, 0.2) is 116 Å². The number of halogens is 1. The lowest BCUT2D eigenvalue weighted by atomic mass is 9.91. The number of nitrogens with one attached hydrogen (secondary N) is 1. The highest BCUT2D eigenvalue weighted by Crippen LogP contribution is 2.31. The van der Waals surface area contributed by atoms with Gasteiger partial charge in [0.25, 0.3) is 0 Å². The lowest BCUT2D eigenvalue weighted by Crippen LogP contribution is -2.50. The van der Waals surface area contributed by atoms with Gasteiger partial charge in [0.05, 0.1) is 41.1 Å². The van der Waals surface area contributed by atoms with Crippen molar-refractivity contribution < 1.29 is 15.0 Å². The number of nitrogens with zero attached hydrogens (tertiary/aromatic N) is 5. The molecule has 0 bridgehead atoms. The van der Waals surface area contributed by atoms with Gasteiger partial charge < -0.3 is 25.7 Å². The first-order valence-corrected chi connectivity index (χ1v) is 16.7. The van der Waals surface area contributed by atoms with E-state index in [1.165, 1.54) is 0 Å². The van der Waals surface area contributed by atoms with Crippen LogP contribution in [-0.2, 0) is 32.5 Å². The third kappa shape index (κ3) is 7.17. The molecule has 2 aromatic heterocycles. The molecule has 5 N–H and O–H groups in total. The highest BCUT2D eigenvalue weighted by Gasteiger charge is 2.46. The van der Waals surface area contributed by atoms with Crippen LogP contribution in [-0.4, -0.2) is 70.3 Å². The predicted molar refractivity (Wildman–Crippen MR) is 190 cm³/mol. The SMILES string of the molecule is Nc1cccc(CN2C(=O)N(Cc3ccc4n[nH]c(Cn5cc(Cl)cn5)c4c3)[C@H](Cc3ccccc3)[C@H](O)[C@@H](O)[C@H]2Cc2ccccc2)c1. The molecule has 0 unspecified atom stereocenters. The van der Waals surface area contributed by atoms with Crippen LogP contribution in [0.3, 0.4) is 0 Å². The number of rotatable bonds is 10. The normalized spacial score (nSPS) is 19.8. The number of nitrogen functional groups attached to an aromatic ring is 1. The molecule has 0 radical (unpaired) electrons. The molecule has 4 atom stereocenters. The van der Waals surface area contributed by atoms with Gasteiger partial charge in [-0.05, 0) is 59.4 Å². The zero-order chi connectivity index (χ0) is 33.9. The van der Waals surface area contributed by atoms with Crippen molar-refractivity contribution in [1.29, 1.82) is 0 Å². The Morgan fingerprint density at radius 2 is 1.33 bits per heavy atom. The zero-order valence-corrected chi connectivity index (χ0v) is 27.6. The number of aromatic nitrogens is 4. The lowest BCUT2D eigenvalue weighted by molar-refractivity contribution is -0.0408. The Morgan fingerprint density at radius 3 is 1.90 bits per heavy atom. The summed E-state index contributed by atoms with van der Waals surface area (Å²) in [4.78, 5) is 18.4. The maximum atomic E-state index is 15.0. The van der Waals surface area contributed by atoms with Crippen LogP contribution in [0.1, 0.15) is 27.9 Å². The molecule has 1 fully saturated rings.